The van der Waals surface area contributed by atoms with Crippen LogP contribution in [-0.2, 0) is 21.4 Å². The number of sulfonamides is 1. The highest BCUT2D eigenvalue weighted by atomic mass is 32.2. The summed E-state index contributed by atoms with van der Waals surface area (Å²) in [6.45, 7) is 3.86. The van der Waals surface area contributed by atoms with Gasteiger partial charge in [-0.25, -0.2) is 18.1 Å². The van der Waals surface area contributed by atoms with E-state index in [1.807, 2.05) is 0 Å². The van der Waals surface area contributed by atoms with Gasteiger partial charge in [-0.1, -0.05) is 5.16 Å². The summed E-state index contributed by atoms with van der Waals surface area (Å²) in [7, 11) is -3.73. The normalized spacial score (nSPS) is 15.2. The lowest BCUT2D eigenvalue weighted by Gasteiger charge is -2.15. The lowest BCUT2D eigenvalue weighted by Crippen LogP contribution is -2.26. The molecule has 0 atom stereocenters. The van der Waals surface area contributed by atoms with Crippen LogP contribution in [0.4, 0.5) is 5.82 Å². The zero-order chi connectivity index (χ0) is 17.3. The average Bonchev–Trinajstić information content (AvgIpc) is 3.11. The number of hydrogen-bond donors (Lipinski definition) is 1. The van der Waals surface area contributed by atoms with E-state index in [4.69, 9.17) is 4.52 Å². The molecule has 8 nitrogen and oxygen atoms in total. The van der Waals surface area contributed by atoms with Crippen molar-refractivity contribution in [3.63, 3.8) is 0 Å². The van der Waals surface area contributed by atoms with Crippen LogP contribution in [0.25, 0.3) is 0 Å². The molecule has 24 heavy (non-hydrogen) atoms. The van der Waals surface area contributed by atoms with Crippen LogP contribution in [0, 0.1) is 13.8 Å². The molecule has 3 rings (SSSR count). The largest absolute Gasteiger partial charge is 0.360 e. The zero-order valence-corrected chi connectivity index (χ0v) is 14.3. The first-order valence-corrected chi connectivity index (χ1v) is 9.04. The summed E-state index contributed by atoms with van der Waals surface area (Å²) >= 11 is 0. The molecule has 0 aromatic carbocycles. The maximum Gasteiger partial charge on any atom is 0.246 e. The average molecular weight is 350 g/mol. The summed E-state index contributed by atoms with van der Waals surface area (Å²) in [5, 5.41) is 3.66. The molecule has 0 bridgehead atoms. The van der Waals surface area contributed by atoms with E-state index in [2.05, 4.69) is 14.9 Å². The fourth-order valence-electron chi connectivity index (χ4n) is 2.72. The van der Waals surface area contributed by atoms with Gasteiger partial charge in [-0.05, 0) is 38.0 Å². The smallest absolute Gasteiger partial charge is 0.246 e. The summed E-state index contributed by atoms with van der Waals surface area (Å²) < 4.78 is 32.3. The Morgan fingerprint density at radius 3 is 2.79 bits per heavy atom. The molecule has 1 N–H and O–H groups in total. The van der Waals surface area contributed by atoms with E-state index in [-0.39, 0.29) is 23.1 Å². The molecule has 3 heterocycles. The van der Waals surface area contributed by atoms with Gasteiger partial charge < -0.3 is 4.52 Å². The van der Waals surface area contributed by atoms with Crippen LogP contribution in [0.15, 0.2) is 27.7 Å². The quantitative estimate of drug-likeness (QED) is 0.871. The minimum Gasteiger partial charge on any atom is -0.360 e. The van der Waals surface area contributed by atoms with Crippen LogP contribution < -0.4 is 9.62 Å². The Morgan fingerprint density at radius 1 is 1.38 bits per heavy atom. The van der Waals surface area contributed by atoms with Gasteiger partial charge in [0.25, 0.3) is 0 Å². The van der Waals surface area contributed by atoms with Crippen molar-refractivity contribution >= 4 is 21.7 Å². The van der Waals surface area contributed by atoms with Crippen molar-refractivity contribution in [3.8, 4) is 0 Å². The van der Waals surface area contributed by atoms with E-state index < -0.39 is 10.0 Å². The van der Waals surface area contributed by atoms with Crippen LogP contribution in [0.2, 0.25) is 0 Å². The van der Waals surface area contributed by atoms with Crippen molar-refractivity contribution in [1.29, 1.82) is 0 Å². The number of amides is 1. The third-order valence-electron chi connectivity index (χ3n) is 3.86. The molecule has 1 amide bonds. The lowest BCUT2D eigenvalue weighted by molar-refractivity contribution is -0.117. The molecular weight excluding hydrogens is 332 g/mol. The fraction of sp³-hybridized carbons (Fsp3) is 0.400. The first-order chi connectivity index (χ1) is 11.4. The molecule has 0 spiro atoms. The van der Waals surface area contributed by atoms with Gasteiger partial charge in [-0.3, -0.25) is 9.69 Å². The minimum absolute atomic E-state index is 0.0379. The molecule has 1 aliphatic rings. The van der Waals surface area contributed by atoms with Crippen LogP contribution in [0.1, 0.15) is 29.9 Å². The number of carbonyl (C=O) groups is 1. The molecule has 0 unspecified atom stereocenters. The second-order valence-corrected chi connectivity index (χ2v) is 7.35. The number of rotatable bonds is 5. The third-order valence-corrected chi connectivity index (χ3v) is 5.51. The molecule has 128 valence electrons. The fourth-order valence-corrected chi connectivity index (χ4v) is 4.06. The maximum atomic E-state index is 12.4. The Kier molecular flexibility index (Phi) is 4.37. The molecule has 1 aliphatic heterocycles. The van der Waals surface area contributed by atoms with Gasteiger partial charge in [0.2, 0.25) is 15.9 Å². The van der Waals surface area contributed by atoms with Gasteiger partial charge >= 0.3 is 0 Å². The Bertz CT molecular complexity index is 856. The highest BCUT2D eigenvalue weighted by molar-refractivity contribution is 7.89. The van der Waals surface area contributed by atoms with E-state index >= 15 is 0 Å². The second kappa shape index (κ2) is 6.33. The summed E-state index contributed by atoms with van der Waals surface area (Å²) in [4.78, 5) is 17.7. The monoisotopic (exact) mass is 350 g/mol. The maximum absolute atomic E-state index is 12.4. The predicted molar refractivity (Wildman–Crippen MR) is 85.8 cm³/mol. The van der Waals surface area contributed by atoms with Crippen LogP contribution in [-0.4, -0.2) is 31.0 Å². The molecule has 9 heteroatoms. The van der Waals surface area contributed by atoms with E-state index in [1.165, 1.54) is 0 Å². The lowest BCUT2D eigenvalue weighted by atomic mass is 10.2. The van der Waals surface area contributed by atoms with Crippen molar-refractivity contribution in [2.24, 2.45) is 0 Å². The molecule has 0 saturated carbocycles. The first-order valence-electron chi connectivity index (χ1n) is 7.56. The molecular formula is C15H18N4O4S. The van der Waals surface area contributed by atoms with Gasteiger partial charge in [0.05, 0.1) is 0 Å². The third kappa shape index (κ3) is 3.17. The van der Waals surface area contributed by atoms with Gasteiger partial charge in [-0.15, -0.1) is 0 Å². The van der Waals surface area contributed by atoms with Gasteiger partial charge in [-0.2, -0.15) is 0 Å². The SMILES string of the molecule is Cc1noc(C)c1S(=O)(=O)NCc1ccnc(N2CCCC2=O)c1. The predicted octanol–water partition coefficient (Wildman–Crippen LogP) is 1.29. The van der Waals surface area contributed by atoms with Crippen molar-refractivity contribution in [2.45, 2.75) is 38.1 Å². The molecule has 0 radical (unpaired) electrons. The summed E-state index contributed by atoms with van der Waals surface area (Å²) in [6.07, 6.45) is 2.90. The van der Waals surface area contributed by atoms with Crippen LogP contribution in [0.3, 0.4) is 0 Å². The Hall–Kier alpha value is -2.26. The molecule has 2 aromatic rings. The number of anilines is 1. The summed E-state index contributed by atoms with van der Waals surface area (Å²) in [6, 6.07) is 3.43. The molecule has 1 saturated heterocycles. The van der Waals surface area contributed by atoms with E-state index in [9.17, 15) is 13.2 Å². The van der Waals surface area contributed by atoms with Gasteiger partial charge in [0, 0.05) is 25.7 Å². The first kappa shape index (κ1) is 16.6. The highest BCUT2D eigenvalue weighted by Crippen LogP contribution is 2.21. The Labute approximate surface area is 139 Å². The Balaban J connectivity index is 1.76. The van der Waals surface area contributed by atoms with Crippen LogP contribution >= 0.6 is 0 Å². The number of carbonyl (C=O) groups excluding carboxylic acids is 1. The number of nitrogens with zero attached hydrogens (tertiary/aromatic N) is 3. The number of aryl methyl sites for hydroxylation is 2. The number of pyridine rings is 1. The Morgan fingerprint density at radius 2 is 2.17 bits per heavy atom. The zero-order valence-electron chi connectivity index (χ0n) is 13.4. The molecule has 1 fully saturated rings. The van der Waals surface area contributed by atoms with Crippen molar-refractivity contribution in [2.75, 3.05) is 11.4 Å². The highest BCUT2D eigenvalue weighted by Gasteiger charge is 2.25. The van der Waals surface area contributed by atoms with Crippen molar-refractivity contribution < 1.29 is 17.7 Å². The molecule has 0 aliphatic carbocycles. The molecule has 2 aromatic heterocycles. The number of aromatic nitrogens is 2. The van der Waals surface area contributed by atoms with Crippen molar-refractivity contribution in [3.05, 3.63) is 35.3 Å². The van der Waals surface area contributed by atoms with Crippen molar-refractivity contribution in [1.82, 2.24) is 14.9 Å². The summed E-state index contributed by atoms with van der Waals surface area (Å²) in [5.41, 5.74) is 1.04. The van der Waals surface area contributed by atoms with Crippen LogP contribution in [0.5, 0.6) is 0 Å². The number of nitrogens with one attached hydrogen (secondary N) is 1. The van der Waals surface area contributed by atoms with Gasteiger partial charge in [0.1, 0.15) is 16.4 Å². The second-order valence-electron chi connectivity index (χ2n) is 5.65. The van der Waals surface area contributed by atoms with E-state index in [0.29, 0.717) is 24.5 Å². The summed E-state index contributed by atoms with van der Waals surface area (Å²) in [5.74, 6) is 0.834. The topological polar surface area (TPSA) is 105 Å². The number of hydrogen-bond acceptors (Lipinski definition) is 6. The van der Waals surface area contributed by atoms with Gasteiger partial charge in [0.15, 0.2) is 5.76 Å². The van der Waals surface area contributed by atoms with E-state index in [1.54, 1.807) is 37.1 Å². The van der Waals surface area contributed by atoms with E-state index in [0.717, 1.165) is 12.0 Å². The standard InChI is InChI=1S/C15H18N4O4S/c1-10-15(11(2)23-18-10)24(21,22)17-9-12-5-6-16-13(8-12)19-7-3-4-14(19)20/h5-6,8,17H,3-4,7,9H2,1-2H3. The minimum atomic E-state index is -3.73.